The van der Waals surface area contributed by atoms with Gasteiger partial charge in [0.2, 0.25) is 5.95 Å². The molecule has 0 aliphatic carbocycles. The second kappa shape index (κ2) is 6.44. The van der Waals surface area contributed by atoms with E-state index in [9.17, 15) is 4.79 Å². The first-order valence-corrected chi connectivity index (χ1v) is 8.72. The molecule has 25 heavy (non-hydrogen) atoms. The van der Waals surface area contributed by atoms with Gasteiger partial charge in [-0.05, 0) is 19.3 Å². The summed E-state index contributed by atoms with van der Waals surface area (Å²) >= 11 is 0. The zero-order valence-corrected chi connectivity index (χ0v) is 14.1. The van der Waals surface area contributed by atoms with E-state index in [-0.39, 0.29) is 17.3 Å². The molecule has 2 N–H and O–H groups in total. The van der Waals surface area contributed by atoms with E-state index in [2.05, 4.69) is 9.97 Å². The summed E-state index contributed by atoms with van der Waals surface area (Å²) in [7, 11) is 0. The van der Waals surface area contributed by atoms with Crippen LogP contribution in [0.4, 0.5) is 5.95 Å². The molecule has 0 bridgehead atoms. The van der Waals surface area contributed by atoms with Crippen molar-refractivity contribution in [3.63, 3.8) is 0 Å². The molecule has 3 heterocycles. The lowest BCUT2D eigenvalue weighted by Gasteiger charge is -2.39. The maximum atomic E-state index is 13.2. The van der Waals surface area contributed by atoms with Crippen LogP contribution in [-0.4, -0.2) is 47.1 Å². The highest BCUT2D eigenvalue weighted by Crippen LogP contribution is 2.38. The second-order valence-corrected chi connectivity index (χ2v) is 6.99. The molecule has 2 aromatic rings. The number of nitrogens with two attached hydrogens (primary N) is 1. The van der Waals surface area contributed by atoms with E-state index < -0.39 is 0 Å². The number of nitrogens with zero attached hydrogens (tertiary/aromatic N) is 3. The first kappa shape index (κ1) is 16.0. The molecular formula is C19H22N4O2. The van der Waals surface area contributed by atoms with Crippen LogP contribution >= 0.6 is 0 Å². The molecule has 6 nitrogen and oxygen atoms in total. The van der Waals surface area contributed by atoms with E-state index in [0.29, 0.717) is 11.3 Å². The van der Waals surface area contributed by atoms with Crippen molar-refractivity contribution in [2.24, 2.45) is 5.41 Å². The van der Waals surface area contributed by atoms with Gasteiger partial charge >= 0.3 is 0 Å². The predicted octanol–water partition coefficient (Wildman–Crippen LogP) is 2.37. The minimum absolute atomic E-state index is 0.0233. The van der Waals surface area contributed by atoms with Crippen LogP contribution in [0, 0.1) is 5.41 Å². The third-order valence-corrected chi connectivity index (χ3v) is 5.22. The number of piperidine rings is 1. The standard InChI is InChI=1S/C19H22N4O2/c20-18-21-11-15(16(22-18)14-5-2-1-3-6-14)17(24)23-9-4-7-19(12-23)8-10-25-13-19/h1-3,5-6,11H,4,7-10,12-13H2,(H2,20,21,22). The van der Waals surface area contributed by atoms with Crippen molar-refractivity contribution in [2.45, 2.75) is 19.3 Å². The molecule has 1 aromatic carbocycles. The van der Waals surface area contributed by atoms with Crippen LogP contribution < -0.4 is 5.73 Å². The zero-order chi connectivity index (χ0) is 17.3. The number of amides is 1. The highest BCUT2D eigenvalue weighted by Gasteiger charge is 2.40. The minimum atomic E-state index is -0.0233. The summed E-state index contributed by atoms with van der Waals surface area (Å²) in [6.45, 7) is 3.05. The fourth-order valence-electron chi connectivity index (χ4n) is 3.89. The maximum absolute atomic E-state index is 13.2. The summed E-state index contributed by atoms with van der Waals surface area (Å²) < 4.78 is 5.60. The molecule has 0 saturated carbocycles. The Labute approximate surface area is 147 Å². The predicted molar refractivity (Wildman–Crippen MR) is 94.9 cm³/mol. The quantitative estimate of drug-likeness (QED) is 0.909. The van der Waals surface area contributed by atoms with Crippen LogP contribution in [0.15, 0.2) is 36.5 Å². The second-order valence-electron chi connectivity index (χ2n) is 6.99. The molecule has 1 amide bonds. The Morgan fingerprint density at radius 1 is 1.24 bits per heavy atom. The van der Waals surface area contributed by atoms with E-state index in [1.165, 1.54) is 0 Å². The molecule has 2 aliphatic heterocycles. The Kier molecular flexibility index (Phi) is 4.13. The molecule has 1 spiro atoms. The molecular weight excluding hydrogens is 316 g/mol. The van der Waals surface area contributed by atoms with Crippen LogP contribution in [0.3, 0.4) is 0 Å². The van der Waals surface area contributed by atoms with Crippen LogP contribution in [-0.2, 0) is 4.74 Å². The monoisotopic (exact) mass is 338 g/mol. The SMILES string of the molecule is Nc1ncc(C(=O)N2CCCC3(CCOC3)C2)c(-c2ccccc2)n1. The lowest BCUT2D eigenvalue weighted by Crippen LogP contribution is -2.46. The van der Waals surface area contributed by atoms with Gasteiger partial charge in [-0.15, -0.1) is 0 Å². The minimum Gasteiger partial charge on any atom is -0.381 e. The van der Waals surface area contributed by atoms with Gasteiger partial charge < -0.3 is 15.4 Å². The summed E-state index contributed by atoms with van der Waals surface area (Å²) in [6.07, 6.45) is 4.71. The van der Waals surface area contributed by atoms with Crippen molar-refractivity contribution in [2.75, 3.05) is 32.0 Å². The van der Waals surface area contributed by atoms with Crippen LogP contribution in [0.25, 0.3) is 11.3 Å². The fourth-order valence-corrected chi connectivity index (χ4v) is 3.89. The van der Waals surface area contributed by atoms with Gasteiger partial charge in [0, 0.05) is 36.9 Å². The Hall–Kier alpha value is -2.47. The average Bonchev–Trinajstić information content (AvgIpc) is 3.09. The molecule has 1 atom stereocenters. The smallest absolute Gasteiger partial charge is 0.257 e. The van der Waals surface area contributed by atoms with Gasteiger partial charge in [0.25, 0.3) is 5.91 Å². The first-order valence-electron chi connectivity index (χ1n) is 8.72. The average molecular weight is 338 g/mol. The third kappa shape index (κ3) is 3.09. The normalized spacial score (nSPS) is 23.1. The van der Waals surface area contributed by atoms with Crippen molar-refractivity contribution >= 4 is 11.9 Å². The van der Waals surface area contributed by atoms with Crippen molar-refractivity contribution in [1.82, 2.24) is 14.9 Å². The molecule has 1 aromatic heterocycles. The van der Waals surface area contributed by atoms with E-state index >= 15 is 0 Å². The van der Waals surface area contributed by atoms with E-state index in [0.717, 1.165) is 51.1 Å². The van der Waals surface area contributed by atoms with Crippen LogP contribution in [0.1, 0.15) is 29.6 Å². The first-order chi connectivity index (χ1) is 12.2. The summed E-state index contributed by atoms with van der Waals surface area (Å²) in [5.74, 6) is 0.152. The van der Waals surface area contributed by atoms with Gasteiger partial charge in [-0.25, -0.2) is 9.97 Å². The Balaban J connectivity index is 1.66. The number of nitrogen functional groups attached to an aromatic ring is 1. The van der Waals surface area contributed by atoms with E-state index in [1.54, 1.807) is 6.20 Å². The van der Waals surface area contributed by atoms with Crippen molar-refractivity contribution in [1.29, 1.82) is 0 Å². The molecule has 0 radical (unpaired) electrons. The summed E-state index contributed by atoms with van der Waals surface area (Å²) in [4.78, 5) is 23.5. The van der Waals surface area contributed by atoms with Crippen molar-refractivity contribution in [3.8, 4) is 11.3 Å². The summed E-state index contributed by atoms with van der Waals surface area (Å²) in [5.41, 5.74) is 7.87. The number of aromatic nitrogens is 2. The highest BCUT2D eigenvalue weighted by atomic mass is 16.5. The molecule has 2 fully saturated rings. The van der Waals surface area contributed by atoms with Gasteiger partial charge in [-0.2, -0.15) is 0 Å². The largest absolute Gasteiger partial charge is 0.381 e. The highest BCUT2D eigenvalue weighted by molar-refractivity contribution is 5.99. The van der Waals surface area contributed by atoms with Gasteiger partial charge in [0.05, 0.1) is 17.9 Å². The van der Waals surface area contributed by atoms with Gasteiger partial charge in [-0.1, -0.05) is 30.3 Å². The fraction of sp³-hybridized carbons (Fsp3) is 0.421. The zero-order valence-electron chi connectivity index (χ0n) is 14.1. The number of ether oxygens (including phenoxy) is 1. The molecule has 1 unspecified atom stereocenters. The van der Waals surface area contributed by atoms with Crippen LogP contribution in [0.5, 0.6) is 0 Å². The molecule has 4 rings (SSSR count). The molecule has 2 saturated heterocycles. The molecule has 6 heteroatoms. The lowest BCUT2D eigenvalue weighted by molar-refractivity contribution is 0.0462. The topological polar surface area (TPSA) is 81.3 Å². The third-order valence-electron chi connectivity index (χ3n) is 5.22. The van der Waals surface area contributed by atoms with Crippen molar-refractivity contribution in [3.05, 3.63) is 42.1 Å². The lowest BCUT2D eigenvalue weighted by atomic mass is 9.79. The van der Waals surface area contributed by atoms with E-state index in [1.807, 2.05) is 35.2 Å². The number of hydrogen-bond acceptors (Lipinski definition) is 5. The Morgan fingerprint density at radius 2 is 2.08 bits per heavy atom. The maximum Gasteiger partial charge on any atom is 0.257 e. The molecule has 2 aliphatic rings. The van der Waals surface area contributed by atoms with Crippen molar-refractivity contribution < 1.29 is 9.53 Å². The number of carbonyl (C=O) groups is 1. The number of benzene rings is 1. The van der Waals surface area contributed by atoms with Gasteiger partial charge in [0.1, 0.15) is 0 Å². The van der Waals surface area contributed by atoms with Gasteiger partial charge in [0.15, 0.2) is 0 Å². The Bertz CT molecular complexity index is 772. The number of anilines is 1. The number of rotatable bonds is 2. The number of hydrogen-bond donors (Lipinski definition) is 1. The summed E-state index contributed by atoms with van der Waals surface area (Å²) in [5, 5.41) is 0. The van der Waals surface area contributed by atoms with E-state index in [4.69, 9.17) is 10.5 Å². The number of likely N-dealkylation sites (tertiary alicyclic amines) is 1. The summed E-state index contributed by atoms with van der Waals surface area (Å²) in [6, 6.07) is 9.65. The number of carbonyl (C=O) groups excluding carboxylic acids is 1. The molecule has 130 valence electrons. The van der Waals surface area contributed by atoms with Gasteiger partial charge in [-0.3, -0.25) is 4.79 Å². The Morgan fingerprint density at radius 3 is 2.84 bits per heavy atom. The van der Waals surface area contributed by atoms with Crippen LogP contribution in [0.2, 0.25) is 0 Å².